The smallest absolute Gasteiger partial charge is 0.0440 e. The number of nitrogens with zero attached hydrogens (tertiary/aromatic N) is 1. The van der Waals surface area contributed by atoms with E-state index in [0.29, 0.717) is 6.04 Å². The fourth-order valence-electron chi connectivity index (χ4n) is 3.59. The normalized spacial score (nSPS) is 24.4. The summed E-state index contributed by atoms with van der Waals surface area (Å²) < 4.78 is 0. The summed E-state index contributed by atoms with van der Waals surface area (Å²) >= 11 is 0. The second-order valence-corrected chi connectivity index (χ2v) is 6.44. The molecule has 0 radical (unpaired) electrons. The minimum atomic E-state index is 0.496. The van der Waals surface area contributed by atoms with Crippen LogP contribution in [0.1, 0.15) is 45.1 Å². The quantitative estimate of drug-likeness (QED) is 0.880. The van der Waals surface area contributed by atoms with Crippen molar-refractivity contribution in [1.82, 2.24) is 0 Å². The summed E-state index contributed by atoms with van der Waals surface area (Å²) in [7, 11) is 0. The highest BCUT2D eigenvalue weighted by Gasteiger charge is 2.29. The van der Waals surface area contributed by atoms with Crippen molar-refractivity contribution >= 4 is 5.69 Å². The Morgan fingerprint density at radius 1 is 1.15 bits per heavy atom. The van der Waals surface area contributed by atoms with Gasteiger partial charge in [0.05, 0.1) is 0 Å². The molecule has 1 aromatic carbocycles. The van der Waals surface area contributed by atoms with Crippen molar-refractivity contribution in [1.29, 1.82) is 0 Å². The lowest BCUT2D eigenvalue weighted by Crippen LogP contribution is -2.46. The van der Waals surface area contributed by atoms with E-state index < -0.39 is 0 Å². The molecule has 2 rings (SSSR count). The van der Waals surface area contributed by atoms with E-state index in [2.05, 4.69) is 49.9 Å². The zero-order valence-electron chi connectivity index (χ0n) is 13.3. The third kappa shape index (κ3) is 3.54. The van der Waals surface area contributed by atoms with Crippen LogP contribution in [0.2, 0.25) is 0 Å². The van der Waals surface area contributed by atoms with Gasteiger partial charge in [0, 0.05) is 24.8 Å². The molecule has 0 spiro atoms. The van der Waals surface area contributed by atoms with Gasteiger partial charge in [0.25, 0.3) is 0 Å². The van der Waals surface area contributed by atoms with E-state index in [1.165, 1.54) is 36.9 Å². The van der Waals surface area contributed by atoms with E-state index >= 15 is 0 Å². The predicted molar refractivity (Wildman–Crippen MR) is 88.2 cm³/mol. The molecule has 1 fully saturated rings. The van der Waals surface area contributed by atoms with Gasteiger partial charge in [-0.3, -0.25) is 0 Å². The predicted octanol–water partition coefficient (Wildman–Crippen LogP) is 3.97. The fourth-order valence-corrected chi connectivity index (χ4v) is 3.59. The third-order valence-electron chi connectivity index (χ3n) is 4.95. The maximum Gasteiger partial charge on any atom is 0.0440 e. The van der Waals surface area contributed by atoms with Crippen LogP contribution >= 0.6 is 0 Å². The SMILES string of the molecule is CCN(c1ccc(C)cc1)C(CN)C1CCC(C)CC1. The highest BCUT2D eigenvalue weighted by atomic mass is 15.2. The molecule has 20 heavy (non-hydrogen) atoms. The minimum absolute atomic E-state index is 0.496. The average molecular weight is 274 g/mol. The zero-order valence-corrected chi connectivity index (χ0v) is 13.3. The largest absolute Gasteiger partial charge is 0.367 e. The Bertz CT molecular complexity index is 390. The molecule has 1 aliphatic rings. The fraction of sp³-hybridized carbons (Fsp3) is 0.667. The van der Waals surface area contributed by atoms with Crippen LogP contribution in [0, 0.1) is 18.8 Å². The van der Waals surface area contributed by atoms with Crippen molar-refractivity contribution in [3.63, 3.8) is 0 Å². The van der Waals surface area contributed by atoms with Gasteiger partial charge in [-0.05, 0) is 50.7 Å². The molecule has 1 aromatic rings. The molecule has 0 heterocycles. The van der Waals surface area contributed by atoms with E-state index in [1.54, 1.807) is 0 Å². The molecule has 0 aliphatic heterocycles. The number of nitrogens with two attached hydrogens (primary N) is 1. The van der Waals surface area contributed by atoms with E-state index in [0.717, 1.165) is 24.9 Å². The average Bonchev–Trinajstić information content (AvgIpc) is 2.47. The van der Waals surface area contributed by atoms with Crippen LogP contribution in [0.3, 0.4) is 0 Å². The summed E-state index contributed by atoms with van der Waals surface area (Å²) in [5.74, 6) is 1.66. The van der Waals surface area contributed by atoms with E-state index in [9.17, 15) is 0 Å². The van der Waals surface area contributed by atoms with Gasteiger partial charge < -0.3 is 10.6 Å². The summed E-state index contributed by atoms with van der Waals surface area (Å²) in [5, 5.41) is 0. The summed E-state index contributed by atoms with van der Waals surface area (Å²) in [6, 6.07) is 9.39. The van der Waals surface area contributed by atoms with Crippen molar-refractivity contribution in [3.05, 3.63) is 29.8 Å². The van der Waals surface area contributed by atoms with Gasteiger partial charge in [-0.2, -0.15) is 0 Å². The molecule has 2 nitrogen and oxygen atoms in total. The molecule has 0 aromatic heterocycles. The Kier molecular flexibility index (Phi) is 5.47. The summed E-state index contributed by atoms with van der Waals surface area (Å²) in [4.78, 5) is 2.51. The highest BCUT2D eigenvalue weighted by Crippen LogP contribution is 2.33. The Labute approximate surface area is 124 Å². The van der Waals surface area contributed by atoms with Crippen LogP contribution in [-0.4, -0.2) is 19.1 Å². The Balaban J connectivity index is 2.12. The maximum absolute atomic E-state index is 6.14. The molecule has 1 unspecified atom stereocenters. The Hall–Kier alpha value is -1.02. The van der Waals surface area contributed by atoms with Gasteiger partial charge in [0.2, 0.25) is 0 Å². The Morgan fingerprint density at radius 2 is 1.75 bits per heavy atom. The number of hydrogen-bond acceptors (Lipinski definition) is 2. The minimum Gasteiger partial charge on any atom is -0.367 e. The van der Waals surface area contributed by atoms with Gasteiger partial charge in [-0.15, -0.1) is 0 Å². The van der Waals surface area contributed by atoms with E-state index in [1.807, 2.05) is 0 Å². The number of rotatable bonds is 5. The molecule has 112 valence electrons. The number of benzene rings is 1. The molecular formula is C18H30N2. The lowest BCUT2D eigenvalue weighted by Gasteiger charge is -2.40. The van der Waals surface area contributed by atoms with E-state index in [4.69, 9.17) is 5.73 Å². The monoisotopic (exact) mass is 274 g/mol. The number of aryl methyl sites for hydroxylation is 1. The van der Waals surface area contributed by atoms with Crippen LogP contribution in [0.25, 0.3) is 0 Å². The lowest BCUT2D eigenvalue weighted by atomic mass is 9.78. The van der Waals surface area contributed by atoms with Gasteiger partial charge >= 0.3 is 0 Å². The number of likely N-dealkylation sites (N-methyl/N-ethyl adjacent to an activating group) is 1. The number of hydrogen-bond donors (Lipinski definition) is 1. The number of anilines is 1. The topological polar surface area (TPSA) is 29.3 Å². The first-order valence-corrected chi connectivity index (χ1v) is 8.19. The molecule has 2 N–H and O–H groups in total. The van der Waals surface area contributed by atoms with Crippen LogP contribution < -0.4 is 10.6 Å². The molecule has 0 bridgehead atoms. The second kappa shape index (κ2) is 7.12. The maximum atomic E-state index is 6.14. The van der Waals surface area contributed by atoms with Crippen LogP contribution in [-0.2, 0) is 0 Å². The first kappa shape index (κ1) is 15.4. The molecule has 1 aliphatic carbocycles. The van der Waals surface area contributed by atoms with Crippen molar-refractivity contribution in [3.8, 4) is 0 Å². The second-order valence-electron chi connectivity index (χ2n) is 6.44. The highest BCUT2D eigenvalue weighted by molar-refractivity contribution is 5.48. The molecular weight excluding hydrogens is 244 g/mol. The molecule has 0 amide bonds. The van der Waals surface area contributed by atoms with Crippen molar-refractivity contribution in [2.75, 3.05) is 18.0 Å². The van der Waals surface area contributed by atoms with E-state index in [-0.39, 0.29) is 0 Å². The van der Waals surface area contributed by atoms with Gasteiger partial charge in [0.1, 0.15) is 0 Å². The standard InChI is InChI=1S/C18H30N2/c1-4-20(17-11-7-15(3)8-12-17)18(13-19)16-9-5-14(2)6-10-16/h7-8,11-12,14,16,18H,4-6,9-10,13,19H2,1-3H3. The molecule has 2 heteroatoms. The van der Waals surface area contributed by atoms with Crippen molar-refractivity contribution in [2.45, 2.75) is 52.5 Å². The van der Waals surface area contributed by atoms with Crippen LogP contribution in [0.5, 0.6) is 0 Å². The zero-order chi connectivity index (χ0) is 14.5. The van der Waals surface area contributed by atoms with Crippen LogP contribution in [0.15, 0.2) is 24.3 Å². The van der Waals surface area contributed by atoms with Gasteiger partial charge in [0.15, 0.2) is 0 Å². The summed E-state index contributed by atoms with van der Waals surface area (Å²) in [6.45, 7) is 8.57. The van der Waals surface area contributed by atoms with Crippen LogP contribution in [0.4, 0.5) is 5.69 Å². The molecule has 1 atom stereocenters. The van der Waals surface area contributed by atoms with Gasteiger partial charge in [-0.25, -0.2) is 0 Å². The third-order valence-corrected chi connectivity index (χ3v) is 4.95. The summed E-state index contributed by atoms with van der Waals surface area (Å²) in [5.41, 5.74) is 8.79. The lowest BCUT2D eigenvalue weighted by molar-refractivity contribution is 0.250. The van der Waals surface area contributed by atoms with Gasteiger partial charge in [-0.1, -0.05) is 37.5 Å². The Morgan fingerprint density at radius 3 is 2.25 bits per heavy atom. The molecule has 1 saturated carbocycles. The van der Waals surface area contributed by atoms with Crippen molar-refractivity contribution < 1.29 is 0 Å². The summed E-state index contributed by atoms with van der Waals surface area (Å²) in [6.07, 6.45) is 5.41. The first-order valence-electron chi connectivity index (χ1n) is 8.19. The first-order chi connectivity index (χ1) is 9.65. The molecule has 0 saturated heterocycles. The van der Waals surface area contributed by atoms with Crippen molar-refractivity contribution in [2.24, 2.45) is 17.6 Å².